The normalized spacial score (nSPS) is 14.8. The van der Waals surface area contributed by atoms with E-state index in [2.05, 4.69) is 57.0 Å². The smallest absolute Gasteiger partial charge is 0.0230 e. The fraction of sp³-hybridized carbons (Fsp3) is 0.625. The average molecular weight is 248 g/mol. The van der Waals surface area contributed by atoms with E-state index in [0.29, 0.717) is 11.8 Å². The molecule has 2 unspecified atom stereocenters. The molecule has 1 aromatic rings. The second-order valence-electron chi connectivity index (χ2n) is 5.59. The van der Waals surface area contributed by atoms with Gasteiger partial charge in [0.1, 0.15) is 0 Å². The summed E-state index contributed by atoms with van der Waals surface area (Å²) >= 11 is 0. The third kappa shape index (κ3) is 4.79. The van der Waals surface area contributed by atoms with Crippen LogP contribution in [0, 0.1) is 5.92 Å². The van der Waals surface area contributed by atoms with Crippen molar-refractivity contribution in [2.75, 3.05) is 20.1 Å². The summed E-state index contributed by atoms with van der Waals surface area (Å²) in [5.74, 6) is 1.23. The van der Waals surface area contributed by atoms with Crippen molar-refractivity contribution in [1.82, 2.24) is 4.90 Å². The Balaban J connectivity index is 2.53. The van der Waals surface area contributed by atoms with E-state index >= 15 is 0 Å². The van der Waals surface area contributed by atoms with Crippen molar-refractivity contribution in [2.24, 2.45) is 11.7 Å². The van der Waals surface area contributed by atoms with Gasteiger partial charge < -0.3 is 10.6 Å². The number of rotatable bonds is 7. The Morgan fingerprint density at radius 3 is 2.28 bits per heavy atom. The first-order valence-corrected chi connectivity index (χ1v) is 7.04. The molecule has 2 atom stereocenters. The molecule has 0 aliphatic rings. The lowest BCUT2D eigenvalue weighted by molar-refractivity contribution is 0.282. The second-order valence-corrected chi connectivity index (χ2v) is 5.59. The predicted octanol–water partition coefficient (Wildman–Crippen LogP) is 3.23. The third-order valence-electron chi connectivity index (χ3n) is 3.64. The molecule has 2 N–H and O–H groups in total. The van der Waals surface area contributed by atoms with Gasteiger partial charge in [-0.15, -0.1) is 0 Å². The van der Waals surface area contributed by atoms with Gasteiger partial charge in [0, 0.05) is 13.1 Å². The number of benzene rings is 1. The van der Waals surface area contributed by atoms with Crippen molar-refractivity contribution in [3.63, 3.8) is 0 Å². The van der Waals surface area contributed by atoms with Gasteiger partial charge in [0.15, 0.2) is 0 Å². The van der Waals surface area contributed by atoms with Crippen LogP contribution in [0.15, 0.2) is 24.3 Å². The van der Waals surface area contributed by atoms with Gasteiger partial charge >= 0.3 is 0 Å². The molecule has 0 amide bonds. The highest BCUT2D eigenvalue weighted by Crippen LogP contribution is 2.19. The standard InChI is InChI=1S/C16H28N2/c1-5-14(3)16-8-6-15(7-9-16)12-18(4)11-13(2)10-17/h6-9,13-14H,5,10-12,17H2,1-4H3. The molecular weight excluding hydrogens is 220 g/mol. The van der Waals surface area contributed by atoms with E-state index in [4.69, 9.17) is 5.73 Å². The molecule has 0 fully saturated rings. The Morgan fingerprint density at radius 1 is 1.17 bits per heavy atom. The van der Waals surface area contributed by atoms with Gasteiger partial charge in [-0.3, -0.25) is 0 Å². The third-order valence-corrected chi connectivity index (χ3v) is 3.64. The minimum absolute atomic E-state index is 0.564. The zero-order valence-electron chi connectivity index (χ0n) is 12.3. The summed E-state index contributed by atoms with van der Waals surface area (Å²) in [6.45, 7) is 9.54. The quantitative estimate of drug-likeness (QED) is 0.802. The fourth-order valence-electron chi connectivity index (χ4n) is 2.17. The first-order valence-electron chi connectivity index (χ1n) is 7.04. The van der Waals surface area contributed by atoms with Crippen LogP contribution in [0.1, 0.15) is 44.2 Å². The number of hydrogen-bond acceptors (Lipinski definition) is 2. The van der Waals surface area contributed by atoms with Crippen LogP contribution in [0.5, 0.6) is 0 Å². The molecule has 0 heterocycles. The minimum atomic E-state index is 0.564. The zero-order valence-corrected chi connectivity index (χ0v) is 12.3. The Hall–Kier alpha value is -0.860. The minimum Gasteiger partial charge on any atom is -0.330 e. The summed E-state index contributed by atoms with van der Waals surface area (Å²) < 4.78 is 0. The van der Waals surface area contributed by atoms with Crippen LogP contribution in [0.2, 0.25) is 0 Å². The molecule has 2 heteroatoms. The van der Waals surface area contributed by atoms with Crippen LogP contribution in [-0.4, -0.2) is 25.0 Å². The molecule has 102 valence electrons. The number of nitrogens with two attached hydrogens (primary N) is 1. The summed E-state index contributed by atoms with van der Waals surface area (Å²) in [6.07, 6.45) is 1.20. The number of hydrogen-bond donors (Lipinski definition) is 1. The molecule has 1 rings (SSSR count). The van der Waals surface area contributed by atoms with Gasteiger partial charge in [0.05, 0.1) is 0 Å². The first kappa shape index (κ1) is 15.2. The summed E-state index contributed by atoms with van der Waals surface area (Å²) in [5, 5.41) is 0. The zero-order chi connectivity index (χ0) is 13.5. The van der Waals surface area contributed by atoms with E-state index in [9.17, 15) is 0 Å². The van der Waals surface area contributed by atoms with Crippen molar-refractivity contribution in [3.8, 4) is 0 Å². The molecular formula is C16H28N2. The molecule has 1 aromatic carbocycles. The van der Waals surface area contributed by atoms with Gasteiger partial charge in [-0.1, -0.05) is 45.0 Å². The van der Waals surface area contributed by atoms with Gasteiger partial charge in [-0.05, 0) is 43.0 Å². The summed E-state index contributed by atoms with van der Waals surface area (Å²) in [7, 11) is 2.16. The highest BCUT2D eigenvalue weighted by atomic mass is 15.1. The van der Waals surface area contributed by atoms with E-state index in [1.165, 1.54) is 17.5 Å². The molecule has 0 aromatic heterocycles. The SMILES string of the molecule is CCC(C)c1ccc(CN(C)CC(C)CN)cc1. The van der Waals surface area contributed by atoms with Gasteiger partial charge in [0.2, 0.25) is 0 Å². The average Bonchev–Trinajstić information content (AvgIpc) is 2.38. The maximum Gasteiger partial charge on any atom is 0.0230 e. The van der Waals surface area contributed by atoms with Gasteiger partial charge in [-0.25, -0.2) is 0 Å². The molecule has 18 heavy (non-hydrogen) atoms. The van der Waals surface area contributed by atoms with Crippen LogP contribution in [0.3, 0.4) is 0 Å². The van der Waals surface area contributed by atoms with Crippen LogP contribution in [0.4, 0.5) is 0 Å². The molecule has 0 aliphatic carbocycles. The van der Waals surface area contributed by atoms with Crippen molar-refractivity contribution >= 4 is 0 Å². The molecule has 0 saturated heterocycles. The fourth-order valence-corrected chi connectivity index (χ4v) is 2.17. The predicted molar refractivity (Wildman–Crippen MR) is 79.7 cm³/mol. The van der Waals surface area contributed by atoms with Gasteiger partial charge in [0.25, 0.3) is 0 Å². The molecule has 2 nitrogen and oxygen atoms in total. The largest absolute Gasteiger partial charge is 0.330 e. The van der Waals surface area contributed by atoms with E-state index in [1.54, 1.807) is 0 Å². The summed E-state index contributed by atoms with van der Waals surface area (Å²) in [4.78, 5) is 2.34. The van der Waals surface area contributed by atoms with Crippen LogP contribution in [-0.2, 0) is 6.54 Å². The summed E-state index contributed by atoms with van der Waals surface area (Å²) in [6, 6.07) is 9.05. The van der Waals surface area contributed by atoms with Crippen molar-refractivity contribution in [1.29, 1.82) is 0 Å². The Labute approximate surface area is 112 Å². The Bertz CT molecular complexity index is 331. The molecule has 0 spiro atoms. The Morgan fingerprint density at radius 2 is 1.78 bits per heavy atom. The van der Waals surface area contributed by atoms with Crippen LogP contribution >= 0.6 is 0 Å². The summed E-state index contributed by atoms with van der Waals surface area (Å²) in [5.41, 5.74) is 8.48. The molecule has 0 bridgehead atoms. The van der Waals surface area contributed by atoms with E-state index in [-0.39, 0.29) is 0 Å². The van der Waals surface area contributed by atoms with Crippen LogP contribution < -0.4 is 5.73 Å². The number of nitrogens with zero attached hydrogens (tertiary/aromatic N) is 1. The highest BCUT2D eigenvalue weighted by Gasteiger charge is 2.06. The molecule has 0 aliphatic heterocycles. The van der Waals surface area contributed by atoms with E-state index in [1.807, 2.05) is 0 Å². The van der Waals surface area contributed by atoms with E-state index in [0.717, 1.165) is 19.6 Å². The topological polar surface area (TPSA) is 29.3 Å². The van der Waals surface area contributed by atoms with E-state index < -0.39 is 0 Å². The van der Waals surface area contributed by atoms with Gasteiger partial charge in [-0.2, -0.15) is 0 Å². The second kappa shape index (κ2) is 7.55. The van der Waals surface area contributed by atoms with Crippen molar-refractivity contribution < 1.29 is 0 Å². The van der Waals surface area contributed by atoms with Crippen molar-refractivity contribution in [3.05, 3.63) is 35.4 Å². The van der Waals surface area contributed by atoms with Crippen LogP contribution in [0.25, 0.3) is 0 Å². The van der Waals surface area contributed by atoms with Crippen molar-refractivity contribution in [2.45, 2.75) is 39.7 Å². The molecule has 0 radical (unpaired) electrons. The lowest BCUT2D eigenvalue weighted by atomic mass is 9.97. The lowest BCUT2D eigenvalue weighted by Crippen LogP contribution is -2.28. The maximum absolute atomic E-state index is 5.66. The lowest BCUT2D eigenvalue weighted by Gasteiger charge is -2.20. The first-order chi connectivity index (χ1) is 8.56. The highest BCUT2D eigenvalue weighted by molar-refractivity contribution is 5.24. The Kier molecular flexibility index (Phi) is 6.37. The maximum atomic E-state index is 5.66. The monoisotopic (exact) mass is 248 g/mol. The molecule has 0 saturated carbocycles.